The van der Waals surface area contributed by atoms with Crippen LogP contribution in [0.5, 0.6) is 5.75 Å². The van der Waals surface area contributed by atoms with Crippen molar-refractivity contribution in [3.63, 3.8) is 0 Å². The molecule has 1 N–H and O–H groups in total. The second-order valence-electron chi connectivity index (χ2n) is 9.26. The monoisotopic (exact) mass is 485 g/mol. The Labute approximate surface area is 207 Å². The second kappa shape index (κ2) is 12.1. The Morgan fingerprint density at radius 1 is 1.17 bits per heavy atom. The summed E-state index contributed by atoms with van der Waals surface area (Å²) in [6.45, 7) is 9.07. The van der Waals surface area contributed by atoms with Crippen LogP contribution in [0.1, 0.15) is 47.9 Å². The summed E-state index contributed by atoms with van der Waals surface area (Å²) in [5, 5.41) is 2.79. The lowest BCUT2D eigenvalue weighted by Crippen LogP contribution is -2.46. The van der Waals surface area contributed by atoms with Crippen molar-refractivity contribution >= 4 is 17.5 Å². The molecule has 8 heteroatoms. The first-order chi connectivity index (χ1) is 16.7. The zero-order valence-corrected chi connectivity index (χ0v) is 21.2. The summed E-state index contributed by atoms with van der Waals surface area (Å²) in [5.41, 5.74) is 1.13. The number of rotatable bonds is 5. The number of carbonyl (C=O) groups excluding carboxylic acids is 2. The summed E-state index contributed by atoms with van der Waals surface area (Å²) in [7, 11) is 3.42. The van der Waals surface area contributed by atoms with Crippen molar-refractivity contribution in [1.82, 2.24) is 9.80 Å². The fraction of sp³-hybridized carbons (Fsp3) is 0.481. The van der Waals surface area contributed by atoms with Crippen LogP contribution >= 0.6 is 0 Å². The summed E-state index contributed by atoms with van der Waals surface area (Å²) in [6, 6.07) is 10.5. The molecule has 0 spiro atoms. The topological polar surface area (TPSA) is 71.1 Å². The maximum atomic E-state index is 13.4. The van der Waals surface area contributed by atoms with Crippen LogP contribution in [0.2, 0.25) is 0 Å². The van der Waals surface area contributed by atoms with E-state index in [0.717, 1.165) is 19.5 Å². The lowest BCUT2D eigenvalue weighted by atomic mass is 10.0. The van der Waals surface area contributed by atoms with Gasteiger partial charge in [-0.2, -0.15) is 0 Å². The molecule has 1 aliphatic rings. The number of carbonyl (C=O) groups is 2. The number of benzene rings is 2. The molecule has 3 rings (SSSR count). The number of anilines is 1. The van der Waals surface area contributed by atoms with Crippen molar-refractivity contribution in [2.45, 2.75) is 39.3 Å². The second-order valence-corrected chi connectivity index (χ2v) is 9.26. The standard InChI is InChI=1S/C27H36FN3O4/c1-6-13-31-15-18(2)25(34-5)16-30(4)27(33)23-14-22(11-12-24(23)35-17-19(31)3)29-26(32)20-7-9-21(28)10-8-20/h7-12,14,18-19,25H,6,13,15-17H2,1-5H3,(H,29,32)/t18-,19+,25+/m1/s1. The normalized spacial score (nSPS) is 21.9. The molecule has 3 atom stereocenters. The highest BCUT2D eigenvalue weighted by atomic mass is 19.1. The third kappa shape index (κ3) is 6.80. The summed E-state index contributed by atoms with van der Waals surface area (Å²) in [5.74, 6) is -0.345. The van der Waals surface area contributed by atoms with Gasteiger partial charge in [0.05, 0.1) is 11.7 Å². The number of ether oxygens (including phenoxy) is 2. The number of halogens is 1. The number of nitrogens with zero attached hydrogens (tertiary/aromatic N) is 2. The van der Waals surface area contributed by atoms with Crippen LogP contribution in [-0.2, 0) is 4.74 Å². The number of hydrogen-bond donors (Lipinski definition) is 1. The molecular weight excluding hydrogens is 449 g/mol. The smallest absolute Gasteiger partial charge is 0.257 e. The zero-order chi connectivity index (χ0) is 25.5. The van der Waals surface area contributed by atoms with E-state index in [1.165, 1.54) is 24.3 Å². The highest BCUT2D eigenvalue weighted by Crippen LogP contribution is 2.27. The molecule has 0 bridgehead atoms. The van der Waals surface area contributed by atoms with Gasteiger partial charge in [0.25, 0.3) is 11.8 Å². The van der Waals surface area contributed by atoms with Crippen molar-refractivity contribution in [3.8, 4) is 5.75 Å². The number of nitrogens with one attached hydrogen (secondary N) is 1. The van der Waals surface area contributed by atoms with Crippen LogP contribution in [0.4, 0.5) is 10.1 Å². The fourth-order valence-corrected chi connectivity index (χ4v) is 4.33. The Balaban J connectivity index is 1.91. The first-order valence-corrected chi connectivity index (χ1v) is 12.1. The van der Waals surface area contributed by atoms with Gasteiger partial charge in [-0.3, -0.25) is 14.5 Å². The number of methoxy groups -OCH3 is 1. The van der Waals surface area contributed by atoms with Crippen molar-refractivity contribution < 1.29 is 23.5 Å². The van der Waals surface area contributed by atoms with E-state index in [1.807, 2.05) is 0 Å². The van der Waals surface area contributed by atoms with Crippen molar-refractivity contribution in [3.05, 3.63) is 59.4 Å². The van der Waals surface area contributed by atoms with Gasteiger partial charge in [0.1, 0.15) is 18.2 Å². The summed E-state index contributed by atoms with van der Waals surface area (Å²) >= 11 is 0. The Bertz CT molecular complexity index is 1010. The highest BCUT2D eigenvalue weighted by molar-refractivity contribution is 6.05. The number of fused-ring (bicyclic) bond motifs is 1. The van der Waals surface area contributed by atoms with E-state index in [9.17, 15) is 14.0 Å². The van der Waals surface area contributed by atoms with Crippen LogP contribution in [0.25, 0.3) is 0 Å². The van der Waals surface area contributed by atoms with E-state index < -0.39 is 11.7 Å². The summed E-state index contributed by atoms with van der Waals surface area (Å²) in [6.07, 6.45) is 0.904. The van der Waals surface area contributed by atoms with Crippen molar-refractivity contribution in [2.24, 2.45) is 5.92 Å². The lowest BCUT2D eigenvalue weighted by Gasteiger charge is -2.35. The maximum absolute atomic E-state index is 13.4. The molecule has 7 nitrogen and oxygen atoms in total. The van der Waals surface area contributed by atoms with Gasteiger partial charge in [-0.05, 0) is 68.3 Å². The van der Waals surface area contributed by atoms with E-state index in [0.29, 0.717) is 35.7 Å². The minimum Gasteiger partial charge on any atom is -0.491 e. The van der Waals surface area contributed by atoms with Crippen molar-refractivity contribution in [1.29, 1.82) is 0 Å². The van der Waals surface area contributed by atoms with E-state index in [-0.39, 0.29) is 24.0 Å². The molecule has 2 aromatic carbocycles. The molecule has 0 unspecified atom stereocenters. The van der Waals surface area contributed by atoms with E-state index in [1.54, 1.807) is 37.3 Å². The molecule has 2 amide bonds. The molecule has 0 saturated carbocycles. The average molecular weight is 486 g/mol. The molecule has 0 fully saturated rings. The minimum absolute atomic E-state index is 0.124. The minimum atomic E-state index is -0.414. The molecule has 0 saturated heterocycles. The first-order valence-electron chi connectivity index (χ1n) is 12.1. The van der Waals surface area contributed by atoms with Gasteiger partial charge in [0, 0.05) is 44.5 Å². The van der Waals surface area contributed by atoms with Gasteiger partial charge in [-0.1, -0.05) is 13.8 Å². The van der Waals surface area contributed by atoms with Crippen LogP contribution in [-0.4, -0.2) is 74.2 Å². The van der Waals surface area contributed by atoms with Gasteiger partial charge < -0.3 is 19.7 Å². The van der Waals surface area contributed by atoms with Crippen molar-refractivity contribution in [2.75, 3.05) is 45.7 Å². The first kappa shape index (κ1) is 26.6. The molecule has 0 aromatic heterocycles. The number of amides is 2. The van der Waals surface area contributed by atoms with E-state index in [4.69, 9.17) is 9.47 Å². The summed E-state index contributed by atoms with van der Waals surface area (Å²) in [4.78, 5) is 30.1. The quantitative estimate of drug-likeness (QED) is 0.684. The molecule has 2 aromatic rings. The molecule has 190 valence electrons. The largest absolute Gasteiger partial charge is 0.491 e. The maximum Gasteiger partial charge on any atom is 0.257 e. The average Bonchev–Trinajstić information content (AvgIpc) is 2.85. The summed E-state index contributed by atoms with van der Waals surface area (Å²) < 4.78 is 25.1. The van der Waals surface area contributed by atoms with Gasteiger partial charge in [-0.25, -0.2) is 4.39 Å². The predicted molar refractivity (Wildman–Crippen MR) is 135 cm³/mol. The number of likely N-dealkylation sites (N-methyl/N-ethyl adjacent to an activating group) is 1. The Kier molecular flexibility index (Phi) is 9.23. The van der Waals surface area contributed by atoms with Crippen LogP contribution in [0.15, 0.2) is 42.5 Å². The van der Waals surface area contributed by atoms with Crippen LogP contribution in [0.3, 0.4) is 0 Å². The Morgan fingerprint density at radius 2 is 1.89 bits per heavy atom. The Hall–Kier alpha value is -2.97. The van der Waals surface area contributed by atoms with Gasteiger partial charge in [-0.15, -0.1) is 0 Å². The molecule has 0 radical (unpaired) electrons. The fourth-order valence-electron chi connectivity index (χ4n) is 4.33. The molecular formula is C27H36FN3O4. The number of hydrogen-bond acceptors (Lipinski definition) is 5. The SMILES string of the molecule is CCCN1C[C@@H](C)[C@@H](OC)CN(C)C(=O)c2cc(NC(=O)c3ccc(F)cc3)ccc2OC[C@@H]1C. The Morgan fingerprint density at radius 3 is 2.54 bits per heavy atom. The third-order valence-corrected chi connectivity index (χ3v) is 6.45. The molecule has 0 aliphatic carbocycles. The zero-order valence-electron chi connectivity index (χ0n) is 21.2. The van der Waals surface area contributed by atoms with Gasteiger partial charge >= 0.3 is 0 Å². The molecule has 1 aliphatic heterocycles. The van der Waals surface area contributed by atoms with Gasteiger partial charge in [0.2, 0.25) is 0 Å². The van der Waals surface area contributed by atoms with Crippen LogP contribution < -0.4 is 10.1 Å². The predicted octanol–water partition coefficient (Wildman–Crippen LogP) is 4.29. The lowest BCUT2D eigenvalue weighted by molar-refractivity contribution is 0.0108. The molecule has 35 heavy (non-hydrogen) atoms. The van der Waals surface area contributed by atoms with Crippen LogP contribution in [0, 0.1) is 11.7 Å². The highest BCUT2D eigenvalue weighted by Gasteiger charge is 2.28. The van der Waals surface area contributed by atoms with E-state index in [2.05, 4.69) is 31.0 Å². The molecule has 1 heterocycles. The van der Waals surface area contributed by atoms with Gasteiger partial charge in [0.15, 0.2) is 0 Å². The van der Waals surface area contributed by atoms with E-state index >= 15 is 0 Å². The third-order valence-electron chi connectivity index (χ3n) is 6.45.